The van der Waals surface area contributed by atoms with Crippen LogP contribution in [-0.2, 0) is 16.1 Å². The maximum absolute atomic E-state index is 11.7. The van der Waals surface area contributed by atoms with Crippen molar-refractivity contribution in [2.45, 2.75) is 50.9 Å². The summed E-state index contributed by atoms with van der Waals surface area (Å²) in [7, 11) is 0. The van der Waals surface area contributed by atoms with E-state index in [4.69, 9.17) is 9.63 Å². The van der Waals surface area contributed by atoms with Crippen LogP contribution in [0.15, 0.2) is 4.52 Å². The third-order valence-electron chi connectivity index (χ3n) is 3.94. The molecule has 5 N–H and O–H groups in total. The van der Waals surface area contributed by atoms with Gasteiger partial charge in [-0.05, 0) is 31.3 Å². The molecule has 0 saturated carbocycles. The van der Waals surface area contributed by atoms with Gasteiger partial charge in [-0.25, -0.2) is 14.4 Å². The molecule has 2 heterocycles. The number of amides is 2. The number of nitrogens with zero attached hydrogens (tertiary/aromatic N) is 3. The van der Waals surface area contributed by atoms with Gasteiger partial charge in [0.25, 0.3) is 5.95 Å². The number of carbonyl (C=O) groups is 3. The lowest BCUT2D eigenvalue weighted by Gasteiger charge is -2.31. The number of hydrogen-bond acceptors (Lipinski definition) is 8. The van der Waals surface area contributed by atoms with Crippen molar-refractivity contribution in [3.8, 4) is 0 Å². The molecule has 144 valence electrons. The first-order chi connectivity index (χ1) is 12.3. The quantitative estimate of drug-likeness (QED) is 0.405. The highest BCUT2D eigenvalue weighted by atomic mass is 16.5. The average Bonchev–Trinajstić information content (AvgIpc) is 3.06. The Hall–Kier alpha value is -2.89. The highest BCUT2D eigenvalue weighted by Crippen LogP contribution is 2.22. The molecule has 0 aliphatic carbocycles. The minimum atomic E-state index is -1.46. The van der Waals surface area contributed by atoms with Crippen molar-refractivity contribution >= 4 is 23.9 Å². The number of anilines is 1. The second-order valence-corrected chi connectivity index (χ2v) is 5.91. The number of rotatable bonds is 7. The Bertz CT molecular complexity index is 662. The molecule has 12 heteroatoms. The van der Waals surface area contributed by atoms with Gasteiger partial charge in [-0.2, -0.15) is 4.98 Å². The van der Waals surface area contributed by atoms with Gasteiger partial charge in [-0.1, -0.05) is 0 Å². The zero-order chi connectivity index (χ0) is 19.3. The summed E-state index contributed by atoms with van der Waals surface area (Å²) in [6, 6.07) is -3.02. The van der Waals surface area contributed by atoms with Gasteiger partial charge in [0, 0.05) is 6.54 Å². The van der Waals surface area contributed by atoms with E-state index in [1.54, 1.807) is 0 Å². The largest absolute Gasteiger partial charge is 0.480 e. The molecular weight excluding hydrogens is 350 g/mol. The Balaban J connectivity index is 1.92. The summed E-state index contributed by atoms with van der Waals surface area (Å²) < 4.78 is 4.99. The number of aliphatic hydroxyl groups excluding tert-OH is 1. The Kier molecular flexibility index (Phi) is 6.33. The van der Waals surface area contributed by atoms with Crippen LogP contribution < -0.4 is 15.5 Å². The Morgan fingerprint density at radius 1 is 1.35 bits per heavy atom. The number of carboxylic acid groups (broad SMARTS) is 2. The number of carbonyl (C=O) groups excluding carboxylic acids is 1. The number of aliphatic hydroxyl groups is 1. The van der Waals surface area contributed by atoms with Crippen molar-refractivity contribution in [1.82, 2.24) is 20.8 Å². The van der Waals surface area contributed by atoms with E-state index in [2.05, 4.69) is 20.8 Å². The van der Waals surface area contributed by atoms with Crippen LogP contribution >= 0.6 is 0 Å². The van der Waals surface area contributed by atoms with Crippen LogP contribution in [0.5, 0.6) is 0 Å². The van der Waals surface area contributed by atoms with Gasteiger partial charge in [-0.3, -0.25) is 0 Å². The van der Waals surface area contributed by atoms with Gasteiger partial charge in [0.05, 0.1) is 12.6 Å². The predicted octanol–water partition coefficient (Wildman–Crippen LogP) is -0.854. The molecule has 1 aromatic rings. The van der Waals surface area contributed by atoms with Crippen molar-refractivity contribution in [2.24, 2.45) is 0 Å². The van der Waals surface area contributed by atoms with Crippen LogP contribution in [-0.4, -0.2) is 68.2 Å². The zero-order valence-corrected chi connectivity index (χ0v) is 14.1. The zero-order valence-electron chi connectivity index (χ0n) is 14.1. The van der Waals surface area contributed by atoms with Crippen LogP contribution in [0.1, 0.15) is 32.1 Å². The number of urea groups is 1. The summed E-state index contributed by atoms with van der Waals surface area (Å²) in [6.45, 7) is 1.54. The number of hydrogen-bond donors (Lipinski definition) is 5. The molecule has 1 fully saturated rings. The van der Waals surface area contributed by atoms with E-state index in [1.807, 2.05) is 0 Å². The minimum absolute atomic E-state index is 0.0359. The first-order valence-electron chi connectivity index (χ1n) is 8.07. The predicted molar refractivity (Wildman–Crippen MR) is 85.4 cm³/mol. The molecule has 26 heavy (non-hydrogen) atoms. The fourth-order valence-electron chi connectivity index (χ4n) is 2.60. The summed E-state index contributed by atoms with van der Waals surface area (Å²) in [5.41, 5.74) is 0. The summed E-state index contributed by atoms with van der Waals surface area (Å²) in [5, 5.41) is 35.7. The summed E-state index contributed by atoms with van der Waals surface area (Å²) in [4.78, 5) is 39.5. The van der Waals surface area contributed by atoms with Crippen molar-refractivity contribution in [3.63, 3.8) is 0 Å². The lowest BCUT2D eigenvalue weighted by Crippen LogP contribution is -2.51. The van der Waals surface area contributed by atoms with Gasteiger partial charge >= 0.3 is 18.0 Å². The van der Waals surface area contributed by atoms with E-state index in [0.717, 1.165) is 12.8 Å². The van der Waals surface area contributed by atoms with E-state index in [0.29, 0.717) is 13.0 Å². The van der Waals surface area contributed by atoms with E-state index >= 15 is 0 Å². The van der Waals surface area contributed by atoms with Crippen LogP contribution in [0, 0.1) is 0 Å². The molecule has 3 unspecified atom stereocenters. The Morgan fingerprint density at radius 3 is 2.69 bits per heavy atom. The lowest BCUT2D eigenvalue weighted by atomic mass is 10.0. The van der Waals surface area contributed by atoms with E-state index in [-0.39, 0.29) is 18.4 Å². The molecule has 1 saturated heterocycles. The van der Waals surface area contributed by atoms with Crippen LogP contribution in [0.3, 0.4) is 0 Å². The smallest absolute Gasteiger partial charge is 0.328 e. The maximum Gasteiger partial charge on any atom is 0.328 e. The molecule has 3 atom stereocenters. The summed E-state index contributed by atoms with van der Waals surface area (Å²) in [5.74, 6) is -2.18. The highest BCUT2D eigenvalue weighted by molar-refractivity contribution is 5.82. The summed E-state index contributed by atoms with van der Waals surface area (Å²) >= 11 is 0. The van der Waals surface area contributed by atoms with Crippen LogP contribution in [0.4, 0.5) is 10.7 Å². The first kappa shape index (κ1) is 19.4. The maximum atomic E-state index is 11.7. The van der Waals surface area contributed by atoms with Crippen molar-refractivity contribution in [2.75, 3.05) is 11.4 Å². The van der Waals surface area contributed by atoms with Gasteiger partial charge in [0.2, 0.25) is 5.89 Å². The lowest BCUT2D eigenvalue weighted by molar-refractivity contribution is -0.142. The van der Waals surface area contributed by atoms with Gasteiger partial charge in [0.1, 0.15) is 6.04 Å². The molecule has 1 aliphatic heterocycles. The van der Waals surface area contributed by atoms with Gasteiger partial charge < -0.3 is 35.4 Å². The second-order valence-electron chi connectivity index (χ2n) is 5.91. The molecule has 12 nitrogen and oxygen atoms in total. The van der Waals surface area contributed by atoms with Crippen molar-refractivity contribution < 1.29 is 34.2 Å². The molecule has 0 aromatic carbocycles. The SMILES string of the molecule is CC(O)C(NC(=O)NCc1nc(N2CCCCC2C(=O)O)no1)C(=O)O. The molecular formula is C14H21N5O7. The minimum Gasteiger partial charge on any atom is -0.480 e. The first-order valence-corrected chi connectivity index (χ1v) is 8.07. The number of piperidine rings is 1. The fraction of sp³-hybridized carbons (Fsp3) is 0.643. The van der Waals surface area contributed by atoms with Crippen LogP contribution in [0.2, 0.25) is 0 Å². The van der Waals surface area contributed by atoms with Crippen molar-refractivity contribution in [1.29, 1.82) is 0 Å². The Labute approximate surface area is 148 Å². The molecule has 0 spiro atoms. The molecule has 1 aromatic heterocycles. The van der Waals surface area contributed by atoms with E-state index in [1.165, 1.54) is 11.8 Å². The molecule has 2 amide bonds. The third-order valence-corrected chi connectivity index (χ3v) is 3.94. The molecule has 0 radical (unpaired) electrons. The van der Waals surface area contributed by atoms with E-state index in [9.17, 15) is 24.6 Å². The van der Waals surface area contributed by atoms with E-state index < -0.39 is 36.2 Å². The van der Waals surface area contributed by atoms with Crippen LogP contribution in [0.25, 0.3) is 0 Å². The fourth-order valence-corrected chi connectivity index (χ4v) is 2.60. The third kappa shape index (κ3) is 4.81. The second kappa shape index (κ2) is 8.47. The standard InChI is InChI=1S/C14H21N5O7/c1-7(20)10(12(23)24)17-14(25)15-6-9-16-13(18-26-9)19-5-3-2-4-8(19)11(21)22/h7-8,10,20H,2-6H2,1H3,(H,21,22)(H,23,24)(H2,15,17,25). The number of nitrogens with one attached hydrogen (secondary N) is 2. The molecule has 2 rings (SSSR count). The average molecular weight is 371 g/mol. The molecule has 1 aliphatic rings. The monoisotopic (exact) mass is 371 g/mol. The molecule has 0 bridgehead atoms. The van der Waals surface area contributed by atoms with Gasteiger partial charge in [-0.15, -0.1) is 0 Å². The number of aromatic nitrogens is 2. The van der Waals surface area contributed by atoms with Crippen molar-refractivity contribution in [3.05, 3.63) is 5.89 Å². The topological polar surface area (TPSA) is 178 Å². The highest BCUT2D eigenvalue weighted by Gasteiger charge is 2.31. The Morgan fingerprint density at radius 2 is 2.08 bits per heavy atom. The number of carboxylic acids is 2. The van der Waals surface area contributed by atoms with Gasteiger partial charge in [0.15, 0.2) is 6.04 Å². The number of aliphatic carboxylic acids is 2. The normalized spacial score (nSPS) is 19.5. The summed E-state index contributed by atoms with van der Waals surface area (Å²) in [6.07, 6.45) is 0.814.